The summed E-state index contributed by atoms with van der Waals surface area (Å²) in [5.41, 5.74) is 2.05. The molecule has 1 atom stereocenters. The number of hydrogen-bond donors (Lipinski definition) is 2. The van der Waals surface area contributed by atoms with Crippen LogP contribution in [0.25, 0.3) is 0 Å². The number of amides is 1. The number of sulfonamides is 1. The summed E-state index contributed by atoms with van der Waals surface area (Å²) in [6.45, 7) is 2.67. The molecular formula is C17H23N3O3S. The molecule has 1 aromatic carbocycles. The van der Waals surface area contributed by atoms with Gasteiger partial charge in [-0.25, -0.2) is 13.1 Å². The largest absolute Gasteiger partial charge is 0.317 e. The van der Waals surface area contributed by atoms with Gasteiger partial charge in [0.05, 0.1) is 4.90 Å². The van der Waals surface area contributed by atoms with Crippen LogP contribution >= 0.6 is 0 Å². The van der Waals surface area contributed by atoms with Gasteiger partial charge in [-0.15, -0.1) is 0 Å². The minimum atomic E-state index is -3.44. The molecule has 1 spiro atoms. The molecule has 24 heavy (non-hydrogen) atoms. The molecule has 0 bridgehead atoms. The van der Waals surface area contributed by atoms with Crippen molar-refractivity contribution in [1.82, 2.24) is 10.0 Å². The van der Waals surface area contributed by atoms with E-state index >= 15 is 0 Å². The van der Waals surface area contributed by atoms with Gasteiger partial charge in [0.2, 0.25) is 15.9 Å². The minimum absolute atomic E-state index is 0.145. The lowest BCUT2D eigenvalue weighted by molar-refractivity contribution is -0.120. The molecule has 7 heteroatoms. The number of anilines is 1. The summed E-state index contributed by atoms with van der Waals surface area (Å²) in [5.74, 6) is 0.367. The monoisotopic (exact) mass is 349 g/mol. The van der Waals surface area contributed by atoms with Crippen molar-refractivity contribution in [2.24, 2.45) is 11.3 Å². The predicted molar refractivity (Wildman–Crippen MR) is 91.4 cm³/mol. The van der Waals surface area contributed by atoms with Crippen molar-refractivity contribution in [2.75, 3.05) is 31.6 Å². The summed E-state index contributed by atoms with van der Waals surface area (Å²) in [6.07, 6.45) is 3.90. The molecule has 1 unspecified atom stereocenters. The SMILES string of the molecule is CNS(=O)(=O)c1ccc2c(c1)CCN2C(=O)C1CC12CCNCC2. The van der Waals surface area contributed by atoms with E-state index in [4.69, 9.17) is 0 Å². The van der Waals surface area contributed by atoms with E-state index in [0.29, 0.717) is 6.54 Å². The van der Waals surface area contributed by atoms with E-state index in [9.17, 15) is 13.2 Å². The zero-order valence-corrected chi connectivity index (χ0v) is 14.7. The van der Waals surface area contributed by atoms with E-state index in [-0.39, 0.29) is 22.1 Å². The molecule has 3 aliphatic rings. The molecule has 2 fully saturated rings. The smallest absolute Gasteiger partial charge is 0.240 e. The Labute approximate surface area is 142 Å². The second-order valence-corrected chi connectivity index (χ2v) is 8.99. The molecule has 6 nitrogen and oxygen atoms in total. The van der Waals surface area contributed by atoms with Crippen molar-refractivity contribution in [3.05, 3.63) is 23.8 Å². The molecule has 1 amide bonds. The summed E-state index contributed by atoms with van der Waals surface area (Å²) in [4.78, 5) is 15.1. The van der Waals surface area contributed by atoms with Gasteiger partial charge in [-0.3, -0.25) is 4.79 Å². The molecule has 0 radical (unpaired) electrons. The van der Waals surface area contributed by atoms with Crippen molar-refractivity contribution in [3.8, 4) is 0 Å². The molecule has 1 aliphatic carbocycles. The lowest BCUT2D eigenvalue weighted by Gasteiger charge is -2.25. The summed E-state index contributed by atoms with van der Waals surface area (Å²) in [7, 11) is -2.04. The Bertz CT molecular complexity index is 784. The first-order chi connectivity index (χ1) is 11.5. The number of nitrogens with one attached hydrogen (secondary N) is 2. The molecule has 2 heterocycles. The third kappa shape index (κ3) is 2.46. The summed E-state index contributed by atoms with van der Waals surface area (Å²) in [5, 5.41) is 3.36. The van der Waals surface area contributed by atoms with Crippen LogP contribution in [-0.4, -0.2) is 41.0 Å². The number of carbonyl (C=O) groups excluding carboxylic acids is 1. The Morgan fingerprint density at radius 1 is 1.33 bits per heavy atom. The van der Waals surface area contributed by atoms with E-state index in [1.807, 2.05) is 4.90 Å². The summed E-state index contributed by atoms with van der Waals surface area (Å²) in [6, 6.07) is 5.06. The average Bonchev–Trinajstić information content (AvgIpc) is 3.11. The van der Waals surface area contributed by atoms with Gasteiger partial charge in [-0.05, 0) is 75.0 Å². The van der Waals surface area contributed by atoms with Crippen LogP contribution in [0.2, 0.25) is 0 Å². The molecule has 2 aliphatic heterocycles. The number of nitrogens with zero attached hydrogens (tertiary/aromatic N) is 1. The Morgan fingerprint density at radius 2 is 2.08 bits per heavy atom. The maximum Gasteiger partial charge on any atom is 0.240 e. The molecule has 2 N–H and O–H groups in total. The van der Waals surface area contributed by atoms with Crippen molar-refractivity contribution >= 4 is 21.6 Å². The molecule has 0 aromatic heterocycles. The Morgan fingerprint density at radius 3 is 2.79 bits per heavy atom. The van der Waals surface area contributed by atoms with Crippen molar-refractivity contribution in [2.45, 2.75) is 30.6 Å². The molecule has 130 valence electrons. The molecule has 1 saturated carbocycles. The van der Waals surface area contributed by atoms with Crippen LogP contribution in [0.15, 0.2) is 23.1 Å². The normalized spacial score (nSPS) is 24.9. The standard InChI is InChI=1S/C17H23N3O3S/c1-18-24(22,23)13-2-3-15-12(10-13)4-9-20(15)16(21)14-11-17(14)5-7-19-8-6-17/h2-3,10,14,18-19H,4-9,11H2,1H3. The van der Waals surface area contributed by atoms with Crippen LogP contribution in [-0.2, 0) is 21.2 Å². The van der Waals surface area contributed by atoms with E-state index < -0.39 is 10.0 Å². The van der Waals surface area contributed by atoms with Gasteiger partial charge in [-0.2, -0.15) is 0 Å². The number of hydrogen-bond acceptors (Lipinski definition) is 4. The van der Waals surface area contributed by atoms with Crippen LogP contribution < -0.4 is 14.9 Å². The van der Waals surface area contributed by atoms with Crippen LogP contribution in [0.3, 0.4) is 0 Å². The molecule has 4 rings (SSSR count). The lowest BCUT2D eigenvalue weighted by atomic mass is 9.91. The first kappa shape index (κ1) is 16.1. The highest BCUT2D eigenvalue weighted by atomic mass is 32.2. The fraction of sp³-hybridized carbons (Fsp3) is 0.588. The highest BCUT2D eigenvalue weighted by Gasteiger charge is 2.59. The Balaban J connectivity index is 1.55. The molecule has 1 saturated heterocycles. The van der Waals surface area contributed by atoms with Gasteiger partial charge >= 0.3 is 0 Å². The second-order valence-electron chi connectivity index (χ2n) is 7.11. The second kappa shape index (κ2) is 5.54. The third-order valence-corrected chi connectivity index (χ3v) is 7.29. The van der Waals surface area contributed by atoms with Crippen molar-refractivity contribution < 1.29 is 13.2 Å². The number of carbonyl (C=O) groups is 1. The van der Waals surface area contributed by atoms with Crippen LogP contribution in [0.1, 0.15) is 24.8 Å². The Hall–Kier alpha value is -1.44. The number of rotatable bonds is 3. The maximum absolute atomic E-state index is 13.0. The topological polar surface area (TPSA) is 78.5 Å². The van der Waals surface area contributed by atoms with Crippen LogP contribution in [0.5, 0.6) is 0 Å². The highest BCUT2D eigenvalue weighted by molar-refractivity contribution is 7.89. The fourth-order valence-corrected chi connectivity index (χ4v) is 5.03. The third-order valence-electron chi connectivity index (χ3n) is 5.88. The number of benzene rings is 1. The average molecular weight is 349 g/mol. The quantitative estimate of drug-likeness (QED) is 0.849. The minimum Gasteiger partial charge on any atom is -0.317 e. The first-order valence-corrected chi connectivity index (χ1v) is 10.0. The molecular weight excluding hydrogens is 326 g/mol. The van der Waals surface area contributed by atoms with E-state index in [1.165, 1.54) is 7.05 Å². The lowest BCUT2D eigenvalue weighted by Crippen LogP contribution is -2.35. The maximum atomic E-state index is 13.0. The van der Waals surface area contributed by atoms with Gasteiger partial charge in [0.25, 0.3) is 0 Å². The van der Waals surface area contributed by atoms with E-state index in [2.05, 4.69) is 10.0 Å². The first-order valence-electron chi connectivity index (χ1n) is 8.55. The van der Waals surface area contributed by atoms with Gasteiger partial charge in [0.15, 0.2) is 0 Å². The highest BCUT2D eigenvalue weighted by Crippen LogP contribution is 2.59. The van der Waals surface area contributed by atoms with Gasteiger partial charge < -0.3 is 10.2 Å². The van der Waals surface area contributed by atoms with E-state index in [1.54, 1.807) is 18.2 Å². The summed E-state index contributed by atoms with van der Waals surface area (Å²) < 4.78 is 26.2. The number of piperidine rings is 1. The van der Waals surface area contributed by atoms with Crippen LogP contribution in [0, 0.1) is 11.3 Å². The zero-order valence-electron chi connectivity index (χ0n) is 13.8. The number of fused-ring (bicyclic) bond motifs is 1. The summed E-state index contributed by atoms with van der Waals surface area (Å²) >= 11 is 0. The van der Waals surface area contributed by atoms with E-state index in [0.717, 1.165) is 50.0 Å². The Kier molecular flexibility index (Phi) is 3.71. The molecule has 1 aromatic rings. The zero-order chi connectivity index (χ0) is 16.9. The van der Waals surface area contributed by atoms with Gasteiger partial charge in [-0.1, -0.05) is 0 Å². The fourth-order valence-electron chi connectivity index (χ4n) is 4.25. The van der Waals surface area contributed by atoms with Gasteiger partial charge in [0.1, 0.15) is 0 Å². The van der Waals surface area contributed by atoms with Gasteiger partial charge in [0, 0.05) is 18.2 Å². The van der Waals surface area contributed by atoms with Crippen LogP contribution in [0.4, 0.5) is 5.69 Å². The predicted octanol–water partition coefficient (Wildman–Crippen LogP) is 0.873. The van der Waals surface area contributed by atoms with Crippen molar-refractivity contribution in [3.63, 3.8) is 0 Å². The van der Waals surface area contributed by atoms with Crippen molar-refractivity contribution in [1.29, 1.82) is 0 Å².